The molecule has 1 N–H and O–H groups in total. The molecule has 4 aliphatic rings. The van der Waals surface area contributed by atoms with Crippen LogP contribution in [0.2, 0.25) is 0 Å². The van der Waals surface area contributed by atoms with Gasteiger partial charge in [-0.05, 0) is 49.1 Å². The molecule has 2 saturated heterocycles. The summed E-state index contributed by atoms with van der Waals surface area (Å²) in [6.07, 6.45) is 1.94. The number of fused-ring (bicyclic) bond motifs is 4. The minimum absolute atomic E-state index is 0.117. The molecular weight excluding hydrogens is 611 g/mol. The number of imide groups is 2. The van der Waals surface area contributed by atoms with Crippen molar-refractivity contribution in [3.63, 3.8) is 0 Å². The molecule has 6 unspecified atom stereocenters. The SMILES string of the molecule is COc1cccc(C2C3=CCC4C(=O)N(c5ccc(Br)cc5)C(=O)C4C3CC3(Cl)C(=O)N(C)C(=O)C23Cl)c1O. The fourth-order valence-electron chi connectivity index (χ4n) is 6.87. The first-order valence-electron chi connectivity index (χ1n) is 12.4. The summed E-state index contributed by atoms with van der Waals surface area (Å²) in [6.45, 7) is 0. The molecular formula is C28H23BrCl2N2O6. The molecule has 0 spiro atoms. The quantitative estimate of drug-likeness (QED) is 0.306. The fourth-order valence-corrected chi connectivity index (χ4v) is 8.15. The molecule has 11 heteroatoms. The van der Waals surface area contributed by atoms with E-state index >= 15 is 0 Å². The van der Waals surface area contributed by atoms with Gasteiger partial charge in [0, 0.05) is 23.0 Å². The van der Waals surface area contributed by atoms with Gasteiger partial charge in [0.1, 0.15) is 0 Å². The zero-order valence-electron chi connectivity index (χ0n) is 20.9. The highest BCUT2D eigenvalue weighted by Gasteiger charge is 2.76. The van der Waals surface area contributed by atoms with Gasteiger partial charge >= 0.3 is 0 Å². The van der Waals surface area contributed by atoms with Crippen molar-refractivity contribution in [2.75, 3.05) is 19.1 Å². The Kier molecular flexibility index (Phi) is 5.95. The second-order valence-electron chi connectivity index (χ2n) is 10.4. The number of carbonyl (C=O) groups excluding carboxylic acids is 4. The number of aromatic hydroxyl groups is 1. The van der Waals surface area contributed by atoms with Crippen LogP contribution >= 0.6 is 39.1 Å². The van der Waals surface area contributed by atoms with Crippen molar-refractivity contribution in [3.8, 4) is 11.5 Å². The summed E-state index contributed by atoms with van der Waals surface area (Å²) in [5.41, 5.74) is 1.30. The fraction of sp³-hybridized carbons (Fsp3) is 0.357. The van der Waals surface area contributed by atoms with Crippen molar-refractivity contribution in [1.82, 2.24) is 4.90 Å². The van der Waals surface area contributed by atoms with E-state index in [0.717, 1.165) is 9.37 Å². The van der Waals surface area contributed by atoms with E-state index in [-0.39, 0.29) is 35.8 Å². The van der Waals surface area contributed by atoms with E-state index in [0.29, 0.717) is 11.3 Å². The summed E-state index contributed by atoms with van der Waals surface area (Å²) in [5, 5.41) is 11.2. The molecule has 0 bridgehead atoms. The molecule has 0 radical (unpaired) electrons. The average molecular weight is 634 g/mol. The predicted octanol–water partition coefficient (Wildman–Crippen LogP) is 4.36. The van der Waals surface area contributed by atoms with Crippen LogP contribution < -0.4 is 9.64 Å². The topological polar surface area (TPSA) is 104 Å². The Labute approximate surface area is 242 Å². The Morgan fingerprint density at radius 1 is 1.00 bits per heavy atom. The number of carbonyl (C=O) groups is 4. The van der Waals surface area contributed by atoms with Gasteiger partial charge < -0.3 is 9.84 Å². The molecule has 8 nitrogen and oxygen atoms in total. The molecule has 2 aromatic rings. The third-order valence-electron chi connectivity index (χ3n) is 8.66. The number of ether oxygens (including phenoxy) is 1. The van der Waals surface area contributed by atoms with Gasteiger partial charge in [-0.1, -0.05) is 39.7 Å². The molecule has 2 aliphatic heterocycles. The van der Waals surface area contributed by atoms with Crippen LogP contribution in [0, 0.1) is 17.8 Å². The highest BCUT2D eigenvalue weighted by atomic mass is 79.9. The molecule has 1 saturated carbocycles. The number of halogens is 3. The molecule has 3 fully saturated rings. The zero-order chi connectivity index (χ0) is 28.0. The molecule has 39 heavy (non-hydrogen) atoms. The van der Waals surface area contributed by atoms with Gasteiger partial charge in [-0.25, -0.2) is 0 Å². The van der Waals surface area contributed by atoms with Gasteiger partial charge in [-0.2, -0.15) is 0 Å². The van der Waals surface area contributed by atoms with Gasteiger partial charge in [0.2, 0.25) is 11.8 Å². The number of phenolic OH excluding ortho intramolecular Hbond substituents is 1. The summed E-state index contributed by atoms with van der Waals surface area (Å²) >= 11 is 17.6. The smallest absolute Gasteiger partial charge is 0.253 e. The number of anilines is 1. The van der Waals surface area contributed by atoms with Crippen LogP contribution in [-0.2, 0) is 19.2 Å². The van der Waals surface area contributed by atoms with Crippen LogP contribution in [0.25, 0.3) is 0 Å². The average Bonchev–Trinajstić information content (AvgIpc) is 3.25. The second-order valence-corrected chi connectivity index (χ2v) is 12.5. The van der Waals surface area contributed by atoms with Crippen molar-refractivity contribution in [2.45, 2.75) is 28.5 Å². The highest BCUT2D eigenvalue weighted by Crippen LogP contribution is 2.66. The number of hydrogen-bond donors (Lipinski definition) is 1. The number of alkyl halides is 2. The van der Waals surface area contributed by atoms with E-state index in [9.17, 15) is 24.3 Å². The number of phenols is 1. The van der Waals surface area contributed by atoms with Crippen LogP contribution in [0.15, 0.2) is 58.6 Å². The molecule has 2 aromatic carbocycles. The lowest BCUT2D eigenvalue weighted by atomic mass is 9.56. The van der Waals surface area contributed by atoms with E-state index < -0.39 is 51.1 Å². The van der Waals surface area contributed by atoms with Gasteiger partial charge in [0.25, 0.3) is 11.8 Å². The Balaban J connectivity index is 1.53. The largest absolute Gasteiger partial charge is 0.504 e. The molecule has 202 valence electrons. The normalized spacial score (nSPS) is 33.6. The van der Waals surface area contributed by atoms with Gasteiger partial charge in [-0.15, -0.1) is 23.2 Å². The lowest BCUT2D eigenvalue weighted by molar-refractivity contribution is -0.138. The molecule has 6 rings (SSSR count). The predicted molar refractivity (Wildman–Crippen MR) is 147 cm³/mol. The maximum absolute atomic E-state index is 13.9. The first-order chi connectivity index (χ1) is 18.5. The number of para-hydroxylation sites is 1. The number of methoxy groups -OCH3 is 1. The number of hydrogen-bond acceptors (Lipinski definition) is 6. The Morgan fingerprint density at radius 3 is 2.36 bits per heavy atom. The first kappa shape index (κ1) is 26.3. The highest BCUT2D eigenvalue weighted by molar-refractivity contribution is 9.10. The van der Waals surface area contributed by atoms with Crippen LogP contribution in [-0.4, -0.2) is 57.5 Å². The van der Waals surface area contributed by atoms with E-state index in [1.807, 2.05) is 6.08 Å². The molecule has 4 amide bonds. The Hall–Kier alpha value is -2.88. The van der Waals surface area contributed by atoms with Gasteiger partial charge in [0.05, 0.1) is 24.6 Å². The van der Waals surface area contributed by atoms with Crippen molar-refractivity contribution < 1.29 is 29.0 Å². The monoisotopic (exact) mass is 632 g/mol. The maximum atomic E-state index is 13.9. The van der Waals surface area contributed by atoms with Crippen LogP contribution in [0.1, 0.15) is 24.3 Å². The van der Waals surface area contributed by atoms with Crippen LogP contribution in [0.3, 0.4) is 0 Å². The van der Waals surface area contributed by atoms with Crippen molar-refractivity contribution in [3.05, 3.63) is 64.1 Å². The van der Waals surface area contributed by atoms with Crippen molar-refractivity contribution in [1.29, 1.82) is 0 Å². The van der Waals surface area contributed by atoms with Crippen LogP contribution in [0.5, 0.6) is 11.5 Å². The third kappa shape index (κ3) is 3.30. The van der Waals surface area contributed by atoms with E-state index in [1.165, 1.54) is 19.1 Å². The Morgan fingerprint density at radius 2 is 1.69 bits per heavy atom. The molecule has 0 aromatic heterocycles. The van der Waals surface area contributed by atoms with Crippen molar-refractivity contribution >= 4 is 68.4 Å². The minimum atomic E-state index is -1.98. The number of allylic oxidation sites excluding steroid dienone is 2. The maximum Gasteiger partial charge on any atom is 0.253 e. The summed E-state index contributed by atoms with van der Waals surface area (Å²) in [5.74, 6) is -5.41. The second kappa shape index (κ2) is 8.81. The third-order valence-corrected chi connectivity index (χ3v) is 10.6. The zero-order valence-corrected chi connectivity index (χ0v) is 24.0. The number of benzene rings is 2. The molecule has 6 atom stereocenters. The van der Waals surface area contributed by atoms with Crippen LogP contribution in [0.4, 0.5) is 5.69 Å². The first-order valence-corrected chi connectivity index (χ1v) is 13.9. The lowest BCUT2D eigenvalue weighted by Gasteiger charge is -2.50. The number of nitrogens with zero attached hydrogens (tertiary/aromatic N) is 2. The number of likely N-dealkylation sites (tertiary alicyclic amines) is 1. The molecule has 2 heterocycles. The number of amides is 4. The Bertz CT molecular complexity index is 1500. The minimum Gasteiger partial charge on any atom is -0.504 e. The lowest BCUT2D eigenvalue weighted by Crippen LogP contribution is -2.60. The van der Waals surface area contributed by atoms with Gasteiger partial charge in [-0.3, -0.25) is 29.0 Å². The van der Waals surface area contributed by atoms with E-state index in [1.54, 1.807) is 42.5 Å². The number of rotatable bonds is 3. The van der Waals surface area contributed by atoms with Gasteiger partial charge in [0.15, 0.2) is 21.2 Å². The summed E-state index contributed by atoms with van der Waals surface area (Å²) in [4.78, 5) is 52.8. The standard InChI is InChI=1S/C28H23BrCl2N2O6/c1-32-25(37)27(30)12-18-15(21(28(27,31)26(32)38)17-4-3-5-19(39-2)22(17)34)10-11-16-20(18)24(36)33(23(16)35)14-8-6-13(29)7-9-14/h3-10,16,18,20-21,34H,11-12H2,1-2H3. The summed E-state index contributed by atoms with van der Waals surface area (Å²) < 4.78 is 6.11. The van der Waals surface area contributed by atoms with E-state index in [2.05, 4.69) is 15.9 Å². The summed E-state index contributed by atoms with van der Waals surface area (Å²) in [7, 11) is 2.72. The molecule has 2 aliphatic carbocycles. The van der Waals surface area contributed by atoms with E-state index in [4.69, 9.17) is 27.9 Å². The van der Waals surface area contributed by atoms with Crippen molar-refractivity contribution in [2.24, 2.45) is 17.8 Å². The summed E-state index contributed by atoms with van der Waals surface area (Å²) in [6, 6.07) is 11.7.